The number of nitrogens with one attached hydrogen (secondary N) is 2. The number of aromatic nitrogens is 3. The Balaban J connectivity index is 1.64. The van der Waals surface area contributed by atoms with Gasteiger partial charge in [0, 0.05) is 18.4 Å². The molecule has 2 heterocycles. The van der Waals surface area contributed by atoms with E-state index in [0.29, 0.717) is 23.7 Å². The number of benzene rings is 1. The number of ether oxygens (including phenoxy) is 1. The maximum Gasteiger partial charge on any atom is 0.422 e. The van der Waals surface area contributed by atoms with E-state index in [1.54, 1.807) is 36.5 Å². The van der Waals surface area contributed by atoms with Gasteiger partial charge in [-0.25, -0.2) is 9.97 Å². The topological polar surface area (TPSA) is 141 Å². The molecule has 0 saturated carbocycles. The van der Waals surface area contributed by atoms with Gasteiger partial charge in [0.15, 0.2) is 18.1 Å². The largest absolute Gasteiger partial charge is 0.467 e. The Labute approximate surface area is 174 Å². The number of pyridine rings is 1. The Morgan fingerprint density at radius 3 is 2.61 bits per heavy atom. The number of nitrogen functional groups attached to an aromatic ring is 2. The van der Waals surface area contributed by atoms with Gasteiger partial charge in [0.05, 0.1) is 11.9 Å². The normalized spacial score (nSPS) is 11.1. The van der Waals surface area contributed by atoms with Crippen molar-refractivity contribution >= 4 is 28.9 Å². The van der Waals surface area contributed by atoms with Gasteiger partial charge in [-0.05, 0) is 29.8 Å². The first-order valence-corrected chi connectivity index (χ1v) is 8.88. The van der Waals surface area contributed by atoms with Gasteiger partial charge in [-0.1, -0.05) is 12.1 Å². The van der Waals surface area contributed by atoms with Crippen molar-refractivity contribution in [3.8, 4) is 5.88 Å². The van der Waals surface area contributed by atoms with E-state index in [1.807, 2.05) is 6.07 Å². The average molecular weight is 433 g/mol. The highest BCUT2D eigenvalue weighted by molar-refractivity contribution is 6.05. The van der Waals surface area contributed by atoms with Crippen molar-refractivity contribution in [1.82, 2.24) is 15.0 Å². The molecule has 31 heavy (non-hydrogen) atoms. The van der Waals surface area contributed by atoms with Gasteiger partial charge in [0.25, 0.3) is 5.91 Å². The molecule has 1 amide bonds. The lowest BCUT2D eigenvalue weighted by Crippen LogP contribution is -2.21. The third-order valence-corrected chi connectivity index (χ3v) is 3.88. The Morgan fingerprint density at radius 1 is 1.10 bits per heavy atom. The zero-order valence-electron chi connectivity index (χ0n) is 16.0. The van der Waals surface area contributed by atoms with Gasteiger partial charge in [-0.15, -0.1) is 0 Å². The molecule has 0 atom stereocenters. The molecule has 3 aromatic rings. The SMILES string of the molecule is Nc1ncccc1NCc1cccc(NC(=O)c2ncc(OCC(F)(F)F)nc2N)c1. The number of anilines is 4. The van der Waals surface area contributed by atoms with Crippen LogP contribution in [0.25, 0.3) is 0 Å². The molecule has 12 heteroatoms. The van der Waals surface area contributed by atoms with Gasteiger partial charge < -0.3 is 26.8 Å². The van der Waals surface area contributed by atoms with E-state index < -0.39 is 24.6 Å². The van der Waals surface area contributed by atoms with Crippen LogP contribution in [-0.4, -0.2) is 33.6 Å². The minimum absolute atomic E-state index is 0.244. The molecule has 6 N–H and O–H groups in total. The van der Waals surface area contributed by atoms with E-state index in [2.05, 4.69) is 30.3 Å². The van der Waals surface area contributed by atoms with Crippen LogP contribution in [0.4, 0.5) is 36.2 Å². The zero-order valence-corrected chi connectivity index (χ0v) is 16.0. The number of halogens is 3. The van der Waals surface area contributed by atoms with E-state index in [4.69, 9.17) is 11.5 Å². The average Bonchev–Trinajstić information content (AvgIpc) is 2.71. The van der Waals surface area contributed by atoms with Gasteiger partial charge >= 0.3 is 6.18 Å². The first-order chi connectivity index (χ1) is 14.7. The minimum Gasteiger partial charge on any atom is -0.467 e. The highest BCUT2D eigenvalue weighted by Crippen LogP contribution is 2.20. The fourth-order valence-corrected chi connectivity index (χ4v) is 2.50. The number of carbonyl (C=O) groups is 1. The van der Waals surface area contributed by atoms with Gasteiger partial charge in [0.1, 0.15) is 5.82 Å². The molecule has 0 aliphatic heterocycles. The van der Waals surface area contributed by atoms with Gasteiger partial charge in [0.2, 0.25) is 5.88 Å². The number of nitrogens with zero attached hydrogens (tertiary/aromatic N) is 3. The van der Waals surface area contributed by atoms with Crippen LogP contribution < -0.4 is 26.8 Å². The Bertz CT molecular complexity index is 1080. The molecule has 1 aromatic carbocycles. The maximum atomic E-state index is 12.4. The van der Waals surface area contributed by atoms with Crippen molar-refractivity contribution < 1.29 is 22.7 Å². The monoisotopic (exact) mass is 433 g/mol. The summed E-state index contributed by atoms with van der Waals surface area (Å²) in [4.78, 5) is 23.8. The van der Waals surface area contributed by atoms with Crippen LogP contribution in [-0.2, 0) is 6.54 Å². The third kappa shape index (κ3) is 6.19. The van der Waals surface area contributed by atoms with Crippen molar-refractivity contribution in [2.45, 2.75) is 12.7 Å². The molecular formula is C19H18F3N7O2. The summed E-state index contributed by atoms with van der Waals surface area (Å²) < 4.78 is 41.1. The second-order valence-electron chi connectivity index (χ2n) is 6.29. The summed E-state index contributed by atoms with van der Waals surface area (Å²) in [7, 11) is 0. The standard InChI is InChI=1S/C19H18F3N7O2/c20-19(21,22)10-31-14-9-27-15(17(24)29-14)18(30)28-12-4-1-3-11(7-12)8-26-13-5-2-6-25-16(13)23/h1-7,9,26H,8,10H2,(H2,23,25)(H2,24,29)(H,28,30). The molecule has 0 fully saturated rings. The fourth-order valence-electron chi connectivity index (χ4n) is 2.50. The molecule has 3 rings (SSSR count). The quantitative estimate of drug-likeness (QED) is 0.446. The summed E-state index contributed by atoms with van der Waals surface area (Å²) in [6.45, 7) is -1.12. The summed E-state index contributed by atoms with van der Waals surface area (Å²) in [5.74, 6) is -1.10. The summed E-state index contributed by atoms with van der Waals surface area (Å²) in [5.41, 5.74) is 13.2. The highest BCUT2D eigenvalue weighted by Gasteiger charge is 2.29. The summed E-state index contributed by atoms with van der Waals surface area (Å²) in [6, 6.07) is 10.5. The van der Waals surface area contributed by atoms with Crippen LogP contribution in [0.5, 0.6) is 5.88 Å². The van der Waals surface area contributed by atoms with Crippen LogP contribution in [0.15, 0.2) is 48.8 Å². The van der Waals surface area contributed by atoms with Crippen molar-refractivity contribution in [3.05, 3.63) is 60.0 Å². The first kappa shape index (κ1) is 21.6. The van der Waals surface area contributed by atoms with Crippen LogP contribution in [0.2, 0.25) is 0 Å². The number of alkyl halides is 3. The fraction of sp³-hybridized carbons (Fsp3) is 0.158. The predicted octanol–water partition coefficient (Wildman–Crippen LogP) is 2.84. The Kier molecular flexibility index (Phi) is 6.38. The molecule has 0 spiro atoms. The van der Waals surface area contributed by atoms with Crippen molar-refractivity contribution in [3.63, 3.8) is 0 Å². The Hall–Kier alpha value is -4.09. The molecule has 0 aliphatic rings. The lowest BCUT2D eigenvalue weighted by Gasteiger charge is -2.11. The third-order valence-electron chi connectivity index (χ3n) is 3.88. The molecule has 162 valence electrons. The van der Waals surface area contributed by atoms with Crippen molar-refractivity contribution in [1.29, 1.82) is 0 Å². The summed E-state index contributed by atoms with van der Waals surface area (Å²) in [6.07, 6.45) is -2.05. The van der Waals surface area contributed by atoms with E-state index in [0.717, 1.165) is 11.8 Å². The van der Waals surface area contributed by atoms with Gasteiger partial charge in [-0.3, -0.25) is 4.79 Å². The minimum atomic E-state index is -4.53. The second kappa shape index (κ2) is 9.15. The Morgan fingerprint density at radius 2 is 1.90 bits per heavy atom. The molecule has 9 nitrogen and oxygen atoms in total. The molecule has 0 bridgehead atoms. The molecular weight excluding hydrogens is 415 g/mol. The maximum absolute atomic E-state index is 12.4. The highest BCUT2D eigenvalue weighted by atomic mass is 19.4. The first-order valence-electron chi connectivity index (χ1n) is 8.88. The summed E-state index contributed by atoms with van der Waals surface area (Å²) in [5, 5.41) is 5.76. The van der Waals surface area contributed by atoms with Crippen LogP contribution in [0.3, 0.4) is 0 Å². The van der Waals surface area contributed by atoms with E-state index in [1.165, 1.54) is 0 Å². The van der Waals surface area contributed by atoms with Gasteiger partial charge in [-0.2, -0.15) is 18.2 Å². The number of rotatable bonds is 7. The number of carbonyl (C=O) groups excluding carboxylic acids is 1. The second-order valence-corrected chi connectivity index (χ2v) is 6.29. The summed E-state index contributed by atoms with van der Waals surface area (Å²) >= 11 is 0. The number of hydrogen-bond acceptors (Lipinski definition) is 8. The molecule has 2 aromatic heterocycles. The number of hydrogen-bond donors (Lipinski definition) is 4. The molecule has 0 aliphatic carbocycles. The van der Waals surface area contributed by atoms with Crippen LogP contribution >= 0.6 is 0 Å². The van der Waals surface area contributed by atoms with E-state index in [-0.39, 0.29) is 11.5 Å². The number of amides is 1. The smallest absolute Gasteiger partial charge is 0.422 e. The van der Waals surface area contributed by atoms with E-state index >= 15 is 0 Å². The predicted molar refractivity (Wildman–Crippen MR) is 108 cm³/mol. The lowest BCUT2D eigenvalue weighted by atomic mass is 10.2. The lowest BCUT2D eigenvalue weighted by molar-refractivity contribution is -0.154. The van der Waals surface area contributed by atoms with Crippen molar-refractivity contribution in [2.75, 3.05) is 28.7 Å². The number of nitrogens with two attached hydrogens (primary N) is 2. The van der Waals surface area contributed by atoms with Crippen LogP contribution in [0.1, 0.15) is 16.1 Å². The van der Waals surface area contributed by atoms with Crippen LogP contribution in [0, 0.1) is 0 Å². The van der Waals surface area contributed by atoms with Crippen molar-refractivity contribution in [2.24, 2.45) is 0 Å². The molecule has 0 radical (unpaired) electrons. The van der Waals surface area contributed by atoms with E-state index in [9.17, 15) is 18.0 Å². The zero-order chi connectivity index (χ0) is 22.4. The molecule has 0 saturated heterocycles. The molecule has 0 unspecified atom stereocenters.